The summed E-state index contributed by atoms with van der Waals surface area (Å²) in [5, 5.41) is 0. The molecule has 0 aromatic heterocycles. The number of rotatable bonds is 6. The Bertz CT molecular complexity index is 493. The molecule has 1 N–H and O–H groups in total. The first kappa shape index (κ1) is 14.0. The number of halogens is 1. The number of nitrogens with one attached hydrogen (secondary N) is 1. The summed E-state index contributed by atoms with van der Waals surface area (Å²) in [6.07, 6.45) is 0. The maximum Gasteiger partial charge on any atom is 0.141 e. The molecule has 0 fully saturated rings. The Labute approximate surface area is 116 Å². The molecule has 0 radical (unpaired) electrons. The summed E-state index contributed by atoms with van der Waals surface area (Å²) in [5.41, 5.74) is 6.48. The average Bonchev–Trinajstić information content (AvgIpc) is 2.47. The van der Waals surface area contributed by atoms with Crippen LogP contribution in [0, 0.1) is 0 Å². The first-order valence-corrected chi connectivity index (χ1v) is 6.56. The summed E-state index contributed by atoms with van der Waals surface area (Å²) < 4.78 is 16.5. The summed E-state index contributed by atoms with van der Waals surface area (Å²) in [6, 6.07) is 18.4. The van der Waals surface area contributed by atoms with Crippen LogP contribution >= 0.6 is 12.2 Å². The fourth-order valence-electron chi connectivity index (χ4n) is 1.72. The quantitative estimate of drug-likeness (QED) is 0.494. The van der Waals surface area contributed by atoms with E-state index < -0.39 is 0 Å². The van der Waals surface area contributed by atoms with Crippen LogP contribution in [0.25, 0.3) is 11.1 Å². The lowest BCUT2D eigenvalue weighted by Crippen LogP contribution is -2.27. The molecule has 0 saturated heterocycles. The van der Waals surface area contributed by atoms with Crippen molar-refractivity contribution in [1.29, 1.82) is 0 Å². The second-order valence-corrected chi connectivity index (χ2v) is 4.86. The smallest absolute Gasteiger partial charge is 0.141 e. The van der Waals surface area contributed by atoms with Crippen LogP contribution in [0.1, 0.15) is 5.56 Å². The minimum atomic E-state index is 0.606. The molecule has 0 unspecified atom stereocenters. The minimum Gasteiger partial charge on any atom is -0.239 e. The van der Waals surface area contributed by atoms with Crippen LogP contribution in [-0.4, -0.2) is 11.5 Å². The van der Waals surface area contributed by atoms with Crippen molar-refractivity contribution in [2.24, 2.45) is 0 Å². The zero-order chi connectivity index (χ0) is 13.5. The molecule has 2 aromatic rings. The molecule has 0 amide bonds. The van der Waals surface area contributed by atoms with Crippen molar-refractivity contribution in [3.63, 3.8) is 0 Å². The molecular weight excluding hydrogens is 263 g/mol. The van der Waals surface area contributed by atoms with E-state index in [9.17, 15) is 4.53 Å². The Balaban J connectivity index is 1.95. The predicted molar refractivity (Wildman–Crippen MR) is 76.3 cm³/mol. The molecule has 0 saturated carbocycles. The van der Waals surface area contributed by atoms with Crippen molar-refractivity contribution < 1.29 is 8.91 Å². The Hall–Kier alpha value is -1.40. The van der Waals surface area contributed by atoms with Crippen LogP contribution in [0.2, 0.25) is 0 Å². The lowest BCUT2D eigenvalue weighted by Gasteiger charge is -2.13. The topological polar surface area (TPSA) is 24.5 Å². The number of nitrogens with zero attached hydrogens (tertiary/aromatic N) is 1. The van der Waals surface area contributed by atoms with Crippen LogP contribution < -0.4 is 5.43 Å². The third-order valence-corrected chi connectivity index (χ3v) is 3.12. The Kier molecular flexibility index (Phi) is 5.35. The molecule has 0 atom stereocenters. The monoisotopic (exact) mass is 278 g/mol. The van der Waals surface area contributed by atoms with Gasteiger partial charge >= 0.3 is 0 Å². The molecule has 100 valence electrons. The Morgan fingerprint density at radius 1 is 1.05 bits per heavy atom. The minimum absolute atomic E-state index is 0.606. The van der Waals surface area contributed by atoms with E-state index in [-0.39, 0.29) is 0 Å². The molecule has 0 spiro atoms. The molecule has 0 bridgehead atoms. The van der Waals surface area contributed by atoms with E-state index in [0.29, 0.717) is 18.8 Å². The number of hydrogen-bond acceptors (Lipinski definition) is 4. The van der Waals surface area contributed by atoms with Gasteiger partial charge in [-0.1, -0.05) is 54.6 Å². The average molecular weight is 278 g/mol. The zero-order valence-electron chi connectivity index (χ0n) is 10.5. The van der Waals surface area contributed by atoms with Crippen LogP contribution in [0.4, 0.5) is 4.53 Å². The lowest BCUT2D eigenvalue weighted by molar-refractivity contribution is 0.0149. The molecule has 0 aliphatic carbocycles. The van der Waals surface area contributed by atoms with Crippen molar-refractivity contribution in [2.45, 2.75) is 6.54 Å². The predicted octanol–water partition coefficient (Wildman–Crippen LogP) is 3.75. The maximum absolute atomic E-state index is 11.6. The van der Waals surface area contributed by atoms with Gasteiger partial charge in [0.15, 0.2) is 0 Å². The van der Waals surface area contributed by atoms with Crippen molar-refractivity contribution in [3.8, 4) is 11.1 Å². The Morgan fingerprint density at radius 3 is 2.32 bits per heavy atom. The third-order valence-electron chi connectivity index (χ3n) is 2.71. The van der Waals surface area contributed by atoms with E-state index in [1.807, 2.05) is 30.3 Å². The van der Waals surface area contributed by atoms with Crippen molar-refractivity contribution in [2.75, 3.05) is 7.05 Å². The number of hydrazine groups is 1. The van der Waals surface area contributed by atoms with Crippen LogP contribution in [0.3, 0.4) is 0 Å². The molecule has 3 nitrogen and oxygen atoms in total. The normalized spacial score (nSPS) is 10.9. The van der Waals surface area contributed by atoms with Gasteiger partial charge in [0.1, 0.15) is 12.2 Å². The van der Waals surface area contributed by atoms with Gasteiger partial charge in [0, 0.05) is 13.6 Å². The van der Waals surface area contributed by atoms with Crippen LogP contribution in [0.15, 0.2) is 54.6 Å². The van der Waals surface area contributed by atoms with Gasteiger partial charge in [0.2, 0.25) is 0 Å². The molecular formula is C14H15FN2OS. The van der Waals surface area contributed by atoms with Gasteiger partial charge in [-0.15, -0.1) is 4.39 Å². The van der Waals surface area contributed by atoms with Gasteiger partial charge in [-0.2, -0.15) is 4.41 Å². The zero-order valence-corrected chi connectivity index (χ0v) is 11.4. The summed E-state index contributed by atoms with van der Waals surface area (Å²) >= 11 is 0.606. The Morgan fingerprint density at radius 2 is 1.68 bits per heavy atom. The fourth-order valence-corrected chi connectivity index (χ4v) is 1.92. The van der Waals surface area contributed by atoms with Gasteiger partial charge in [-0.05, 0) is 21.2 Å². The summed E-state index contributed by atoms with van der Waals surface area (Å²) in [6.45, 7) is 0.613. The second-order valence-electron chi connectivity index (χ2n) is 4.03. The van der Waals surface area contributed by atoms with Gasteiger partial charge in [0.05, 0.1) is 0 Å². The summed E-state index contributed by atoms with van der Waals surface area (Å²) in [4.78, 5) is 0. The van der Waals surface area contributed by atoms with Crippen molar-refractivity contribution in [3.05, 3.63) is 60.2 Å². The van der Waals surface area contributed by atoms with E-state index in [1.165, 1.54) is 15.5 Å². The van der Waals surface area contributed by atoms with E-state index in [0.717, 1.165) is 5.56 Å². The highest BCUT2D eigenvalue weighted by Gasteiger charge is 2.01. The van der Waals surface area contributed by atoms with E-state index in [4.69, 9.17) is 0 Å². The van der Waals surface area contributed by atoms with E-state index in [2.05, 4.69) is 34.1 Å². The summed E-state index contributed by atoms with van der Waals surface area (Å²) in [5.74, 6) is 0. The van der Waals surface area contributed by atoms with Gasteiger partial charge in [0.25, 0.3) is 0 Å². The van der Waals surface area contributed by atoms with Crippen LogP contribution in [0.5, 0.6) is 0 Å². The summed E-state index contributed by atoms with van der Waals surface area (Å²) in [7, 11) is 1.68. The highest BCUT2D eigenvalue weighted by Crippen LogP contribution is 2.19. The third kappa shape index (κ3) is 4.33. The number of hydrogen-bond donors (Lipinski definition) is 1. The maximum atomic E-state index is 11.6. The molecule has 2 rings (SSSR count). The van der Waals surface area contributed by atoms with Crippen molar-refractivity contribution >= 4 is 12.2 Å². The highest BCUT2D eigenvalue weighted by molar-refractivity contribution is 7.92. The fraction of sp³-hybridized carbons (Fsp3) is 0.143. The van der Waals surface area contributed by atoms with Crippen LogP contribution in [-0.2, 0) is 10.9 Å². The van der Waals surface area contributed by atoms with E-state index in [1.54, 1.807) is 7.05 Å². The molecule has 5 heteroatoms. The molecule has 0 aliphatic heterocycles. The van der Waals surface area contributed by atoms with E-state index >= 15 is 0 Å². The van der Waals surface area contributed by atoms with Crippen molar-refractivity contribution in [1.82, 2.24) is 9.84 Å². The molecule has 0 aliphatic rings. The van der Waals surface area contributed by atoms with Gasteiger partial charge in [-0.25, -0.2) is 5.43 Å². The number of benzene rings is 2. The lowest BCUT2D eigenvalue weighted by atomic mass is 10.0. The largest absolute Gasteiger partial charge is 0.239 e. The molecule has 0 heterocycles. The van der Waals surface area contributed by atoms with Gasteiger partial charge < -0.3 is 0 Å². The second kappa shape index (κ2) is 7.25. The highest BCUT2D eigenvalue weighted by atomic mass is 32.2. The molecule has 19 heavy (non-hydrogen) atoms. The first-order valence-electron chi connectivity index (χ1n) is 5.86. The van der Waals surface area contributed by atoms with Gasteiger partial charge in [-0.3, -0.25) is 0 Å². The standard InChI is InChI=1S/C14H15FN2OS/c1-17(19-18-15)16-11-12-7-9-14(10-8-12)13-5-3-2-4-6-13/h2-10,16H,11H2,1H3. The molecule has 2 aromatic carbocycles. The SMILES string of the molecule is CN(NCc1ccc(-c2ccccc2)cc1)SOF. The first-order chi connectivity index (χ1) is 9.29.